The molecular weight excluding hydrogens is 536 g/mol. The second-order valence-corrected chi connectivity index (χ2v) is 12.6. The van der Waals surface area contributed by atoms with Crippen LogP contribution in [0.25, 0.3) is 10.9 Å². The van der Waals surface area contributed by atoms with Crippen molar-refractivity contribution in [2.75, 3.05) is 5.32 Å². The summed E-state index contributed by atoms with van der Waals surface area (Å²) in [5.41, 5.74) is 3.65. The molecule has 0 aliphatic rings. The maximum atomic E-state index is 13.3. The predicted octanol–water partition coefficient (Wildman–Crippen LogP) is 6.13. The van der Waals surface area contributed by atoms with Crippen LogP contribution in [0.1, 0.15) is 49.8 Å². The number of pyridine rings is 1. The Kier molecular flexibility index (Phi) is 7.94. The van der Waals surface area contributed by atoms with E-state index in [9.17, 15) is 9.00 Å². The third-order valence-electron chi connectivity index (χ3n) is 6.60. The molecule has 0 spiro atoms. The van der Waals surface area contributed by atoms with Gasteiger partial charge in [-0.05, 0) is 76.1 Å². The van der Waals surface area contributed by atoms with Gasteiger partial charge in [-0.25, -0.2) is 0 Å². The number of rotatable bonds is 8. The number of nitrogens with zero attached hydrogens (tertiary/aromatic N) is 5. The minimum atomic E-state index is -1.35. The van der Waals surface area contributed by atoms with Gasteiger partial charge in [0.05, 0.1) is 51.1 Å². The van der Waals surface area contributed by atoms with E-state index in [1.165, 1.54) is 0 Å². The van der Waals surface area contributed by atoms with E-state index in [0.29, 0.717) is 27.8 Å². The molecule has 0 aliphatic carbocycles. The van der Waals surface area contributed by atoms with E-state index in [0.717, 1.165) is 22.0 Å². The van der Waals surface area contributed by atoms with Crippen molar-refractivity contribution in [2.45, 2.75) is 56.7 Å². The molecule has 2 unspecified atom stereocenters. The topological polar surface area (TPSA) is 112 Å². The van der Waals surface area contributed by atoms with E-state index >= 15 is 0 Å². The molecule has 2 atom stereocenters. The lowest BCUT2D eigenvalue weighted by molar-refractivity contribution is -0.115. The highest BCUT2D eigenvalue weighted by molar-refractivity contribution is 7.85. The predicted molar refractivity (Wildman–Crippen MR) is 159 cm³/mol. The number of carbonyl (C=O) groups excluding carboxylic acids is 1. The number of benzene rings is 2. The van der Waals surface area contributed by atoms with Gasteiger partial charge in [-0.3, -0.25) is 28.6 Å². The van der Waals surface area contributed by atoms with Crippen LogP contribution in [0, 0.1) is 6.92 Å². The van der Waals surface area contributed by atoms with E-state index in [4.69, 9.17) is 4.74 Å². The molecule has 0 radical (unpaired) electrons. The summed E-state index contributed by atoms with van der Waals surface area (Å²) in [4.78, 5) is 26.2. The second kappa shape index (κ2) is 11.6. The van der Waals surface area contributed by atoms with E-state index in [1.54, 1.807) is 37.1 Å². The normalized spacial score (nSPS) is 13.1. The lowest BCUT2D eigenvalue weighted by atomic mass is 10.1. The smallest absolute Gasteiger partial charge is 0.228 e. The van der Waals surface area contributed by atoms with Crippen LogP contribution in [0.4, 0.5) is 5.69 Å². The van der Waals surface area contributed by atoms with Gasteiger partial charge in [0.25, 0.3) is 0 Å². The first-order valence-corrected chi connectivity index (χ1v) is 14.5. The van der Waals surface area contributed by atoms with Crippen LogP contribution < -0.4 is 10.1 Å². The monoisotopic (exact) mass is 568 g/mol. The molecule has 0 bridgehead atoms. The fraction of sp³-hybridized carbons (Fsp3) is 0.258. The molecule has 0 aliphatic heterocycles. The fourth-order valence-electron chi connectivity index (χ4n) is 4.35. The summed E-state index contributed by atoms with van der Waals surface area (Å²) in [5, 5.41) is 7.67. The van der Waals surface area contributed by atoms with Crippen molar-refractivity contribution in [3.05, 3.63) is 96.5 Å². The van der Waals surface area contributed by atoms with Crippen LogP contribution >= 0.6 is 0 Å². The Hall–Kier alpha value is -4.44. The van der Waals surface area contributed by atoms with Crippen LogP contribution in [-0.4, -0.2) is 34.8 Å². The Morgan fingerprint density at radius 1 is 1.02 bits per heavy atom. The fourth-order valence-corrected chi connectivity index (χ4v) is 5.53. The molecule has 3 aromatic heterocycles. The molecule has 5 aromatic rings. The number of hydrogen-bond acceptors (Lipinski definition) is 7. The Balaban J connectivity index is 1.31. The van der Waals surface area contributed by atoms with E-state index in [2.05, 4.69) is 46.1 Å². The number of fused-ring (bicyclic) bond motifs is 1. The molecule has 5 rings (SSSR count). The van der Waals surface area contributed by atoms with Crippen LogP contribution in [0.5, 0.6) is 11.5 Å². The Morgan fingerprint density at radius 3 is 2.56 bits per heavy atom. The van der Waals surface area contributed by atoms with Gasteiger partial charge in [0.15, 0.2) is 0 Å². The van der Waals surface area contributed by atoms with Gasteiger partial charge < -0.3 is 10.1 Å². The molecule has 1 amide bonds. The molecule has 0 saturated heterocycles. The summed E-state index contributed by atoms with van der Waals surface area (Å²) in [6, 6.07) is 13.0. The number of ether oxygens (including phenoxy) is 1. The molecule has 10 heteroatoms. The Morgan fingerprint density at radius 2 is 1.85 bits per heavy atom. The first-order valence-electron chi connectivity index (χ1n) is 13.3. The molecule has 0 fully saturated rings. The second-order valence-electron chi connectivity index (χ2n) is 10.8. The summed E-state index contributed by atoms with van der Waals surface area (Å²) in [5.74, 6) is 1.14. The van der Waals surface area contributed by atoms with Gasteiger partial charge in [0.2, 0.25) is 5.91 Å². The highest BCUT2D eigenvalue weighted by atomic mass is 32.2. The molecule has 0 saturated carbocycles. The number of amides is 1. The van der Waals surface area contributed by atoms with Crippen molar-refractivity contribution in [1.82, 2.24) is 24.7 Å². The van der Waals surface area contributed by atoms with Crippen LogP contribution in [0.3, 0.4) is 0 Å². The average Bonchev–Trinajstić information content (AvgIpc) is 3.43. The zero-order valence-electron chi connectivity index (χ0n) is 23.7. The van der Waals surface area contributed by atoms with Gasteiger partial charge in [0, 0.05) is 41.3 Å². The number of carbonyl (C=O) groups is 1. The summed E-state index contributed by atoms with van der Waals surface area (Å²) in [6.07, 6.45) is 10.2. The summed E-state index contributed by atoms with van der Waals surface area (Å²) in [6.45, 7) is 9.96. The summed E-state index contributed by atoms with van der Waals surface area (Å²) in [7, 11) is -1.35. The summed E-state index contributed by atoms with van der Waals surface area (Å²) < 4.78 is 21.5. The van der Waals surface area contributed by atoms with Crippen molar-refractivity contribution in [1.29, 1.82) is 0 Å². The van der Waals surface area contributed by atoms with E-state index < -0.39 is 10.8 Å². The molecule has 3 heterocycles. The number of hydrogen-bond donors (Lipinski definition) is 1. The molecular formula is C31H32N6O3S. The zero-order valence-corrected chi connectivity index (χ0v) is 24.5. The standard InChI is InChI=1S/C31H32N6O3S/c1-20-14-22(15-30(38)36-23-17-35-37(19-23)31(3,4)5)6-9-28(20)40-29-10-11-33-26-8-7-24(16-25(26)29)41(39)21(2)27-18-32-12-13-34-27/h6-14,16-19,21H,15H2,1-5H3,(H,36,38). The quantitative estimate of drug-likeness (QED) is 0.240. The van der Waals surface area contributed by atoms with E-state index in [-0.39, 0.29) is 23.1 Å². The highest BCUT2D eigenvalue weighted by Gasteiger charge is 2.19. The van der Waals surface area contributed by atoms with E-state index in [1.807, 2.05) is 61.1 Å². The largest absolute Gasteiger partial charge is 0.456 e. The van der Waals surface area contributed by atoms with Gasteiger partial charge in [0.1, 0.15) is 11.5 Å². The number of anilines is 1. The van der Waals surface area contributed by atoms with Crippen molar-refractivity contribution in [2.24, 2.45) is 0 Å². The third-order valence-corrected chi connectivity index (χ3v) is 8.21. The van der Waals surface area contributed by atoms with Crippen molar-refractivity contribution in [3.8, 4) is 11.5 Å². The van der Waals surface area contributed by atoms with Gasteiger partial charge in [-0.2, -0.15) is 5.10 Å². The van der Waals surface area contributed by atoms with Gasteiger partial charge >= 0.3 is 0 Å². The molecule has 210 valence electrons. The van der Waals surface area contributed by atoms with Crippen LogP contribution in [-0.2, 0) is 27.6 Å². The highest BCUT2D eigenvalue weighted by Crippen LogP contribution is 2.33. The Labute approximate surface area is 241 Å². The summed E-state index contributed by atoms with van der Waals surface area (Å²) >= 11 is 0. The third kappa shape index (κ3) is 6.49. The molecule has 9 nitrogen and oxygen atoms in total. The molecule has 41 heavy (non-hydrogen) atoms. The maximum Gasteiger partial charge on any atom is 0.228 e. The number of aryl methyl sites for hydroxylation is 1. The van der Waals surface area contributed by atoms with Crippen molar-refractivity contribution < 1.29 is 13.7 Å². The first kappa shape index (κ1) is 28.1. The first-order chi connectivity index (χ1) is 19.6. The van der Waals surface area contributed by atoms with Crippen LogP contribution in [0.15, 0.2) is 84.5 Å². The van der Waals surface area contributed by atoms with Gasteiger partial charge in [-0.15, -0.1) is 0 Å². The zero-order chi connectivity index (χ0) is 29.1. The average molecular weight is 569 g/mol. The minimum Gasteiger partial charge on any atom is -0.456 e. The molecule has 2 aromatic carbocycles. The van der Waals surface area contributed by atoms with Crippen molar-refractivity contribution in [3.63, 3.8) is 0 Å². The van der Waals surface area contributed by atoms with Crippen molar-refractivity contribution >= 4 is 33.3 Å². The lowest BCUT2D eigenvalue weighted by Gasteiger charge is -2.18. The number of nitrogens with one attached hydrogen (secondary N) is 1. The Bertz CT molecular complexity index is 1730. The number of aromatic nitrogens is 5. The molecule has 1 N–H and O–H groups in total. The maximum absolute atomic E-state index is 13.3. The SMILES string of the molecule is Cc1cc(CC(=O)Nc2cnn(C(C)(C)C)c2)ccc1Oc1ccnc2ccc(S(=O)C(C)c3cnccn3)cc12. The van der Waals surface area contributed by atoms with Gasteiger partial charge in [-0.1, -0.05) is 12.1 Å². The minimum absolute atomic E-state index is 0.122. The van der Waals surface area contributed by atoms with Crippen LogP contribution in [0.2, 0.25) is 0 Å². The lowest BCUT2D eigenvalue weighted by Crippen LogP contribution is -2.22.